The first-order chi connectivity index (χ1) is 11.6. The van der Waals surface area contributed by atoms with Crippen molar-refractivity contribution in [2.24, 2.45) is 0 Å². The summed E-state index contributed by atoms with van der Waals surface area (Å²) >= 11 is 0. The van der Waals surface area contributed by atoms with E-state index in [0.29, 0.717) is 16.9 Å². The molecule has 0 amide bonds. The van der Waals surface area contributed by atoms with Gasteiger partial charge in [0.05, 0.1) is 34.0 Å². The first kappa shape index (κ1) is 17.9. The van der Waals surface area contributed by atoms with Crippen molar-refractivity contribution in [1.82, 2.24) is 0 Å². The second kappa shape index (κ2) is 7.90. The Labute approximate surface area is 140 Å². The summed E-state index contributed by atoms with van der Waals surface area (Å²) < 4.78 is 15.5. The number of para-hydroxylation sites is 1. The summed E-state index contributed by atoms with van der Waals surface area (Å²) in [6.07, 6.45) is -1.05. The van der Waals surface area contributed by atoms with Gasteiger partial charge in [-0.15, -0.1) is 0 Å². The van der Waals surface area contributed by atoms with E-state index in [1.807, 2.05) is 12.1 Å². The predicted octanol–water partition coefficient (Wildman–Crippen LogP) is 2.23. The van der Waals surface area contributed by atoms with Gasteiger partial charge in [-0.2, -0.15) is 0 Å². The van der Waals surface area contributed by atoms with Crippen LogP contribution in [0.2, 0.25) is 0 Å². The summed E-state index contributed by atoms with van der Waals surface area (Å²) in [5, 5.41) is 30.6. The van der Waals surface area contributed by atoms with Gasteiger partial charge in [0.15, 0.2) is 11.5 Å². The van der Waals surface area contributed by atoms with Crippen LogP contribution in [0, 0.1) is 0 Å². The van der Waals surface area contributed by atoms with Gasteiger partial charge in [-0.05, 0) is 23.8 Å². The van der Waals surface area contributed by atoms with Crippen LogP contribution >= 0.6 is 0 Å². The van der Waals surface area contributed by atoms with Crippen LogP contribution in [0.5, 0.6) is 23.0 Å². The zero-order valence-corrected chi connectivity index (χ0v) is 13.9. The molecular weight excluding hydrogens is 312 g/mol. The second-order valence-corrected chi connectivity index (χ2v) is 5.25. The second-order valence-electron chi connectivity index (χ2n) is 5.25. The Morgan fingerprint density at radius 1 is 0.917 bits per heavy atom. The van der Waals surface area contributed by atoms with Gasteiger partial charge in [0, 0.05) is 11.5 Å². The number of phenolic OH excluding ortho intramolecular Hbond substituents is 1. The quantitative estimate of drug-likeness (QED) is 0.720. The van der Waals surface area contributed by atoms with Crippen molar-refractivity contribution in [2.75, 3.05) is 27.9 Å². The third-order valence-electron chi connectivity index (χ3n) is 3.96. The normalized spacial score (nSPS) is 13.2. The third-order valence-corrected chi connectivity index (χ3v) is 3.96. The number of ether oxygens (including phenoxy) is 3. The number of phenols is 1. The fourth-order valence-corrected chi connectivity index (χ4v) is 2.66. The average Bonchev–Trinajstić information content (AvgIpc) is 2.62. The highest BCUT2D eigenvalue weighted by Gasteiger charge is 2.27. The minimum atomic E-state index is -1.05. The fraction of sp³-hybridized carbons (Fsp3) is 0.333. The lowest BCUT2D eigenvalue weighted by molar-refractivity contribution is 0.105. The number of rotatable bonds is 7. The van der Waals surface area contributed by atoms with Crippen LogP contribution in [-0.4, -0.2) is 43.3 Å². The highest BCUT2D eigenvalue weighted by atomic mass is 16.5. The molecule has 0 bridgehead atoms. The molecule has 0 saturated carbocycles. The molecule has 0 aliphatic carbocycles. The van der Waals surface area contributed by atoms with Gasteiger partial charge in [0.1, 0.15) is 5.75 Å². The molecule has 2 aromatic carbocycles. The van der Waals surface area contributed by atoms with E-state index in [9.17, 15) is 15.3 Å². The maximum atomic E-state index is 10.8. The molecule has 0 aromatic heterocycles. The van der Waals surface area contributed by atoms with Gasteiger partial charge >= 0.3 is 0 Å². The lowest BCUT2D eigenvalue weighted by Crippen LogP contribution is -2.16. The minimum absolute atomic E-state index is 0.145. The SMILES string of the molecule is COc1ccccc1C(CO)C(O)c1cc(OC)c(O)c(OC)c1. The summed E-state index contributed by atoms with van der Waals surface area (Å²) in [6.45, 7) is -0.285. The molecule has 24 heavy (non-hydrogen) atoms. The van der Waals surface area contributed by atoms with Gasteiger partial charge in [-0.3, -0.25) is 0 Å². The van der Waals surface area contributed by atoms with Crippen LogP contribution < -0.4 is 14.2 Å². The van der Waals surface area contributed by atoms with Crippen molar-refractivity contribution in [3.8, 4) is 23.0 Å². The van der Waals surface area contributed by atoms with E-state index in [1.165, 1.54) is 33.5 Å². The standard InChI is InChI=1S/C18H22O6/c1-22-14-7-5-4-6-12(14)13(10-19)17(20)11-8-15(23-2)18(21)16(9-11)24-3/h4-9,13,17,19-21H,10H2,1-3H3. The monoisotopic (exact) mass is 334 g/mol. The summed E-state index contributed by atoms with van der Waals surface area (Å²) in [5.74, 6) is 0.183. The smallest absolute Gasteiger partial charge is 0.200 e. The number of hydrogen-bond acceptors (Lipinski definition) is 6. The van der Waals surface area contributed by atoms with E-state index in [1.54, 1.807) is 12.1 Å². The Bertz CT molecular complexity index is 660. The summed E-state index contributed by atoms with van der Waals surface area (Å²) in [6, 6.07) is 10.2. The molecule has 3 N–H and O–H groups in total. The van der Waals surface area contributed by atoms with Crippen LogP contribution in [0.4, 0.5) is 0 Å². The minimum Gasteiger partial charge on any atom is -0.502 e. The Kier molecular flexibility index (Phi) is 5.89. The number of aliphatic hydroxyl groups is 2. The van der Waals surface area contributed by atoms with E-state index in [-0.39, 0.29) is 23.9 Å². The molecule has 0 spiro atoms. The molecule has 0 heterocycles. The van der Waals surface area contributed by atoms with Gasteiger partial charge in [0.2, 0.25) is 5.75 Å². The number of methoxy groups -OCH3 is 3. The number of hydrogen-bond donors (Lipinski definition) is 3. The van der Waals surface area contributed by atoms with Crippen molar-refractivity contribution in [1.29, 1.82) is 0 Å². The van der Waals surface area contributed by atoms with E-state index in [4.69, 9.17) is 14.2 Å². The van der Waals surface area contributed by atoms with Crippen LogP contribution in [0.1, 0.15) is 23.1 Å². The van der Waals surface area contributed by atoms with Crippen molar-refractivity contribution < 1.29 is 29.5 Å². The third kappa shape index (κ3) is 3.39. The van der Waals surface area contributed by atoms with Crippen LogP contribution in [0.15, 0.2) is 36.4 Å². The topological polar surface area (TPSA) is 88.4 Å². The molecule has 0 saturated heterocycles. The number of aromatic hydroxyl groups is 1. The van der Waals surface area contributed by atoms with E-state index in [2.05, 4.69) is 0 Å². The van der Waals surface area contributed by atoms with Gasteiger partial charge in [0.25, 0.3) is 0 Å². The molecule has 2 unspecified atom stereocenters. The van der Waals surface area contributed by atoms with Gasteiger partial charge in [-0.1, -0.05) is 18.2 Å². The van der Waals surface area contributed by atoms with Gasteiger partial charge < -0.3 is 29.5 Å². The highest BCUT2D eigenvalue weighted by molar-refractivity contribution is 5.53. The number of aliphatic hydroxyl groups excluding tert-OH is 2. The van der Waals surface area contributed by atoms with Gasteiger partial charge in [-0.25, -0.2) is 0 Å². The highest BCUT2D eigenvalue weighted by Crippen LogP contribution is 2.42. The zero-order valence-electron chi connectivity index (χ0n) is 13.9. The van der Waals surface area contributed by atoms with E-state index in [0.717, 1.165) is 0 Å². The predicted molar refractivity (Wildman–Crippen MR) is 89.0 cm³/mol. The Morgan fingerprint density at radius 2 is 1.46 bits per heavy atom. The van der Waals surface area contributed by atoms with Crippen LogP contribution in [0.3, 0.4) is 0 Å². The maximum absolute atomic E-state index is 10.8. The molecule has 0 fully saturated rings. The lowest BCUT2D eigenvalue weighted by Gasteiger charge is -2.24. The molecule has 6 heteroatoms. The Morgan fingerprint density at radius 3 is 1.96 bits per heavy atom. The molecule has 2 atom stereocenters. The van der Waals surface area contributed by atoms with Crippen LogP contribution in [-0.2, 0) is 0 Å². The molecule has 2 aromatic rings. The Balaban J connectivity index is 2.47. The largest absolute Gasteiger partial charge is 0.502 e. The average molecular weight is 334 g/mol. The van der Waals surface area contributed by atoms with E-state index < -0.39 is 12.0 Å². The molecule has 2 rings (SSSR count). The van der Waals surface area contributed by atoms with Crippen molar-refractivity contribution >= 4 is 0 Å². The molecule has 130 valence electrons. The first-order valence-electron chi connectivity index (χ1n) is 7.44. The Hall–Kier alpha value is -2.44. The molecule has 0 aliphatic rings. The summed E-state index contributed by atoms with van der Waals surface area (Å²) in [4.78, 5) is 0. The molecule has 6 nitrogen and oxygen atoms in total. The zero-order chi connectivity index (χ0) is 17.7. The summed E-state index contributed by atoms with van der Waals surface area (Å²) in [7, 11) is 4.36. The lowest BCUT2D eigenvalue weighted by atomic mass is 9.89. The number of benzene rings is 2. The fourth-order valence-electron chi connectivity index (χ4n) is 2.66. The van der Waals surface area contributed by atoms with Crippen LogP contribution in [0.25, 0.3) is 0 Å². The van der Waals surface area contributed by atoms with Crippen molar-refractivity contribution in [3.63, 3.8) is 0 Å². The molecule has 0 radical (unpaired) electrons. The van der Waals surface area contributed by atoms with E-state index >= 15 is 0 Å². The maximum Gasteiger partial charge on any atom is 0.200 e. The first-order valence-corrected chi connectivity index (χ1v) is 7.44. The van der Waals surface area contributed by atoms with Crippen molar-refractivity contribution in [2.45, 2.75) is 12.0 Å². The molecule has 0 aliphatic heterocycles. The molecular formula is C18H22O6. The van der Waals surface area contributed by atoms with Crippen molar-refractivity contribution in [3.05, 3.63) is 47.5 Å². The summed E-state index contributed by atoms with van der Waals surface area (Å²) in [5.41, 5.74) is 1.13.